The molecule has 0 spiro atoms. The summed E-state index contributed by atoms with van der Waals surface area (Å²) in [6, 6.07) is 21.6. The monoisotopic (exact) mass is 394 g/mol. The molecule has 4 nitrogen and oxygen atoms in total. The van der Waals surface area contributed by atoms with E-state index in [1.54, 1.807) is 13.3 Å². The minimum atomic E-state index is 0.484. The number of hydrazone groups is 1. The summed E-state index contributed by atoms with van der Waals surface area (Å²) in [6.45, 7) is 3.11. The maximum Gasteiger partial charge on any atom is 0.128 e. The summed E-state index contributed by atoms with van der Waals surface area (Å²) in [7, 11) is 1.66. The predicted octanol–water partition coefficient (Wildman–Crippen LogP) is 5.36. The Morgan fingerprint density at radius 1 is 1.00 bits per heavy atom. The van der Waals surface area contributed by atoms with E-state index < -0.39 is 0 Å². The number of halogens is 1. The van der Waals surface area contributed by atoms with Gasteiger partial charge in [0.25, 0.3) is 0 Å². The van der Waals surface area contributed by atoms with Gasteiger partial charge in [-0.25, -0.2) is 0 Å². The van der Waals surface area contributed by atoms with Crippen LogP contribution in [-0.2, 0) is 13.2 Å². The van der Waals surface area contributed by atoms with Crippen LogP contribution in [-0.4, -0.2) is 13.3 Å². The average Bonchev–Trinajstić information content (AvgIpc) is 2.72. The number of para-hydroxylation sites is 1. The van der Waals surface area contributed by atoms with Crippen LogP contribution in [0.4, 0.5) is 0 Å². The number of aryl methyl sites for hydroxylation is 1. The maximum absolute atomic E-state index is 6.15. The molecule has 3 aromatic rings. The summed E-state index contributed by atoms with van der Waals surface area (Å²) in [5, 5.41) is 4.94. The van der Waals surface area contributed by atoms with Crippen molar-refractivity contribution in [2.75, 3.05) is 7.11 Å². The molecule has 1 N–H and O–H groups in total. The minimum absolute atomic E-state index is 0.484. The molecule has 0 fully saturated rings. The number of nitrogens with one attached hydrogen (secondary N) is 1. The highest BCUT2D eigenvalue weighted by Crippen LogP contribution is 2.23. The Hall–Kier alpha value is -2.98. The Labute approximate surface area is 170 Å². The highest BCUT2D eigenvalue weighted by atomic mass is 35.5. The van der Waals surface area contributed by atoms with E-state index in [0.717, 1.165) is 28.2 Å². The fourth-order valence-electron chi connectivity index (χ4n) is 2.69. The number of benzene rings is 3. The van der Waals surface area contributed by atoms with Gasteiger partial charge in [0.1, 0.15) is 18.1 Å². The van der Waals surface area contributed by atoms with Gasteiger partial charge in [-0.1, -0.05) is 59.6 Å². The molecule has 0 heterocycles. The topological polar surface area (TPSA) is 42.8 Å². The van der Waals surface area contributed by atoms with Crippen molar-refractivity contribution < 1.29 is 9.47 Å². The van der Waals surface area contributed by atoms with E-state index in [2.05, 4.69) is 41.7 Å². The molecular weight excluding hydrogens is 372 g/mol. The first-order valence-electron chi connectivity index (χ1n) is 9.01. The van der Waals surface area contributed by atoms with Crippen LogP contribution in [0.1, 0.15) is 22.3 Å². The normalized spacial score (nSPS) is 10.8. The van der Waals surface area contributed by atoms with Gasteiger partial charge in [0.05, 0.1) is 19.9 Å². The zero-order chi connectivity index (χ0) is 19.8. The van der Waals surface area contributed by atoms with Gasteiger partial charge in [-0.3, -0.25) is 0 Å². The first-order chi connectivity index (χ1) is 13.7. The quantitative estimate of drug-likeness (QED) is 0.413. The Morgan fingerprint density at radius 2 is 1.79 bits per heavy atom. The van der Waals surface area contributed by atoms with Crippen molar-refractivity contribution in [2.24, 2.45) is 5.10 Å². The highest BCUT2D eigenvalue weighted by molar-refractivity contribution is 6.30. The van der Waals surface area contributed by atoms with Crippen LogP contribution in [0.25, 0.3) is 0 Å². The molecule has 0 aromatic heterocycles. The van der Waals surface area contributed by atoms with Crippen LogP contribution >= 0.6 is 11.6 Å². The molecule has 3 aromatic carbocycles. The second-order valence-corrected chi connectivity index (χ2v) is 6.80. The predicted molar refractivity (Wildman–Crippen MR) is 114 cm³/mol. The van der Waals surface area contributed by atoms with Crippen molar-refractivity contribution in [3.63, 3.8) is 0 Å². The highest BCUT2D eigenvalue weighted by Gasteiger charge is 2.04. The van der Waals surface area contributed by atoms with Crippen LogP contribution in [0.3, 0.4) is 0 Å². The molecule has 0 aliphatic carbocycles. The molecule has 0 amide bonds. The molecule has 0 radical (unpaired) electrons. The van der Waals surface area contributed by atoms with Crippen molar-refractivity contribution in [2.45, 2.75) is 20.1 Å². The lowest BCUT2D eigenvalue weighted by Crippen LogP contribution is -2.07. The maximum atomic E-state index is 6.15. The zero-order valence-electron chi connectivity index (χ0n) is 16.0. The van der Waals surface area contributed by atoms with Crippen molar-refractivity contribution in [3.05, 3.63) is 94.0 Å². The lowest BCUT2D eigenvalue weighted by molar-refractivity contribution is 0.306. The summed E-state index contributed by atoms with van der Waals surface area (Å²) in [6.07, 6.45) is 1.71. The average molecular weight is 395 g/mol. The van der Waals surface area contributed by atoms with Gasteiger partial charge in [-0.2, -0.15) is 5.10 Å². The number of methoxy groups -OCH3 is 1. The van der Waals surface area contributed by atoms with Crippen molar-refractivity contribution in [1.29, 1.82) is 0 Å². The summed E-state index contributed by atoms with van der Waals surface area (Å²) in [5.41, 5.74) is 7.22. The Bertz CT molecular complexity index is 940. The van der Waals surface area contributed by atoms with Crippen LogP contribution in [0.2, 0.25) is 5.02 Å². The van der Waals surface area contributed by atoms with E-state index in [0.29, 0.717) is 18.2 Å². The summed E-state index contributed by atoms with van der Waals surface area (Å²) in [4.78, 5) is 0. The van der Waals surface area contributed by atoms with E-state index in [9.17, 15) is 0 Å². The smallest absolute Gasteiger partial charge is 0.128 e. The van der Waals surface area contributed by atoms with Gasteiger partial charge in [0, 0.05) is 16.1 Å². The molecule has 0 aliphatic rings. The number of hydrogen-bond donors (Lipinski definition) is 1. The van der Waals surface area contributed by atoms with Crippen molar-refractivity contribution in [3.8, 4) is 11.5 Å². The molecule has 3 rings (SSSR count). The molecule has 0 aliphatic heterocycles. The molecule has 0 unspecified atom stereocenters. The summed E-state index contributed by atoms with van der Waals surface area (Å²) in [5.74, 6) is 1.56. The standard InChI is InChI=1S/C23H23ClN2O2/c1-17-7-9-18(10-8-17)16-28-23-12-11-21(24)13-20(23)15-26-25-14-19-5-3-4-6-22(19)27-2/h3-13,15,25H,14,16H2,1-2H3/b26-15+. The van der Waals surface area contributed by atoms with E-state index in [1.807, 2.05) is 42.5 Å². The lowest BCUT2D eigenvalue weighted by Gasteiger charge is -2.10. The van der Waals surface area contributed by atoms with Crippen LogP contribution < -0.4 is 14.9 Å². The zero-order valence-corrected chi connectivity index (χ0v) is 16.7. The summed E-state index contributed by atoms with van der Waals surface area (Å²) >= 11 is 6.15. The third-order valence-electron chi connectivity index (χ3n) is 4.24. The largest absolute Gasteiger partial charge is 0.496 e. The fraction of sp³-hybridized carbons (Fsp3) is 0.174. The first-order valence-corrected chi connectivity index (χ1v) is 9.39. The number of ether oxygens (including phenoxy) is 2. The molecule has 0 saturated heterocycles. The molecule has 5 heteroatoms. The van der Waals surface area contributed by atoms with Gasteiger partial charge in [0.2, 0.25) is 0 Å². The van der Waals surface area contributed by atoms with Crippen molar-refractivity contribution in [1.82, 2.24) is 5.43 Å². The molecule has 0 saturated carbocycles. The third kappa shape index (κ3) is 5.51. The Morgan fingerprint density at radius 3 is 2.57 bits per heavy atom. The molecule has 0 bridgehead atoms. The second kappa shape index (κ2) is 9.81. The Balaban J connectivity index is 1.64. The van der Waals surface area contributed by atoms with Crippen LogP contribution in [0, 0.1) is 6.92 Å². The third-order valence-corrected chi connectivity index (χ3v) is 4.48. The van der Waals surface area contributed by atoms with Crippen LogP contribution in [0.5, 0.6) is 11.5 Å². The van der Waals surface area contributed by atoms with Gasteiger partial charge in [-0.15, -0.1) is 0 Å². The van der Waals surface area contributed by atoms with Crippen LogP contribution in [0.15, 0.2) is 71.8 Å². The molecule has 28 heavy (non-hydrogen) atoms. The SMILES string of the molecule is COc1ccccc1CN/N=C/c1cc(Cl)ccc1OCc1ccc(C)cc1. The van der Waals surface area contributed by atoms with E-state index in [4.69, 9.17) is 21.1 Å². The van der Waals surface area contributed by atoms with Gasteiger partial charge in [0.15, 0.2) is 0 Å². The summed E-state index contributed by atoms with van der Waals surface area (Å²) < 4.78 is 11.3. The van der Waals surface area contributed by atoms with E-state index in [1.165, 1.54) is 5.56 Å². The van der Waals surface area contributed by atoms with E-state index >= 15 is 0 Å². The second-order valence-electron chi connectivity index (χ2n) is 6.36. The molecule has 144 valence electrons. The first kappa shape index (κ1) is 19.8. The molecular formula is C23H23ClN2O2. The minimum Gasteiger partial charge on any atom is -0.496 e. The van der Waals surface area contributed by atoms with Crippen molar-refractivity contribution >= 4 is 17.8 Å². The van der Waals surface area contributed by atoms with Gasteiger partial charge < -0.3 is 14.9 Å². The van der Waals surface area contributed by atoms with Gasteiger partial charge >= 0.3 is 0 Å². The number of rotatable bonds is 8. The fourth-order valence-corrected chi connectivity index (χ4v) is 2.87. The number of nitrogens with zero attached hydrogens (tertiary/aromatic N) is 1. The Kier molecular flexibility index (Phi) is 6.93. The number of hydrogen-bond acceptors (Lipinski definition) is 4. The molecule has 0 atom stereocenters. The van der Waals surface area contributed by atoms with Gasteiger partial charge in [-0.05, 0) is 36.8 Å². The van der Waals surface area contributed by atoms with E-state index in [-0.39, 0.29) is 0 Å². The lowest BCUT2D eigenvalue weighted by atomic mass is 10.1.